The summed E-state index contributed by atoms with van der Waals surface area (Å²) in [5.74, 6) is 0.383. The first-order valence-electron chi connectivity index (χ1n) is 6.60. The van der Waals surface area contributed by atoms with Gasteiger partial charge in [-0.2, -0.15) is 4.98 Å². The second-order valence-electron chi connectivity index (χ2n) is 4.66. The molecule has 0 unspecified atom stereocenters. The summed E-state index contributed by atoms with van der Waals surface area (Å²) in [7, 11) is -1.86. The highest BCUT2D eigenvalue weighted by molar-refractivity contribution is 7.91. The molecule has 2 aromatic rings. The molecule has 0 saturated heterocycles. The van der Waals surface area contributed by atoms with E-state index in [0.29, 0.717) is 5.95 Å². The van der Waals surface area contributed by atoms with Gasteiger partial charge in [0.2, 0.25) is 15.8 Å². The van der Waals surface area contributed by atoms with E-state index >= 15 is 0 Å². The van der Waals surface area contributed by atoms with E-state index in [1.165, 1.54) is 18.3 Å². The summed E-state index contributed by atoms with van der Waals surface area (Å²) < 4.78 is 25.0. The van der Waals surface area contributed by atoms with E-state index < -0.39 is 9.84 Å². The maximum Gasteiger partial charge on any atom is 0.227 e. The maximum absolute atomic E-state index is 12.5. The van der Waals surface area contributed by atoms with Crippen molar-refractivity contribution in [3.05, 3.63) is 36.5 Å². The van der Waals surface area contributed by atoms with E-state index in [9.17, 15) is 8.42 Å². The van der Waals surface area contributed by atoms with Gasteiger partial charge in [-0.3, -0.25) is 0 Å². The Labute approximate surface area is 124 Å². The first kappa shape index (κ1) is 15.2. The minimum absolute atomic E-state index is 0.0354. The van der Waals surface area contributed by atoms with Gasteiger partial charge in [0.25, 0.3) is 0 Å². The molecule has 2 rings (SSSR count). The highest BCUT2D eigenvalue weighted by atomic mass is 32.2. The number of rotatable bonds is 5. The molecule has 1 aromatic heterocycles. The van der Waals surface area contributed by atoms with Crippen molar-refractivity contribution in [3.8, 4) is 0 Å². The standard InChI is InChI=1S/C14H18N4O2S/c1-3-9-18(2)14-16-10-12(13(15)17-14)21(19,20)11-7-5-4-6-8-11/h4-8,10H,3,9H2,1-2H3,(H2,15,16,17). The Kier molecular flexibility index (Phi) is 4.42. The van der Waals surface area contributed by atoms with Crippen LogP contribution in [0.2, 0.25) is 0 Å². The van der Waals surface area contributed by atoms with E-state index in [-0.39, 0.29) is 15.6 Å². The van der Waals surface area contributed by atoms with E-state index in [2.05, 4.69) is 9.97 Å². The fourth-order valence-corrected chi connectivity index (χ4v) is 3.21. The monoisotopic (exact) mass is 306 g/mol. The third-order valence-electron chi connectivity index (χ3n) is 3.01. The summed E-state index contributed by atoms with van der Waals surface area (Å²) in [5, 5.41) is 0. The van der Waals surface area contributed by atoms with Crippen LogP contribution in [0.4, 0.5) is 11.8 Å². The Balaban J connectivity index is 2.42. The molecule has 0 atom stereocenters. The molecular formula is C14H18N4O2S. The Morgan fingerprint density at radius 1 is 1.24 bits per heavy atom. The fourth-order valence-electron chi connectivity index (χ4n) is 1.93. The summed E-state index contributed by atoms with van der Waals surface area (Å²) in [5.41, 5.74) is 5.82. The topological polar surface area (TPSA) is 89.2 Å². The van der Waals surface area contributed by atoms with Crippen molar-refractivity contribution in [2.45, 2.75) is 23.1 Å². The normalized spacial score (nSPS) is 11.3. The van der Waals surface area contributed by atoms with Crippen molar-refractivity contribution in [1.82, 2.24) is 9.97 Å². The zero-order chi connectivity index (χ0) is 15.5. The number of sulfone groups is 1. The number of hydrogen-bond donors (Lipinski definition) is 1. The molecule has 1 aromatic carbocycles. The molecule has 112 valence electrons. The Morgan fingerprint density at radius 3 is 2.48 bits per heavy atom. The molecule has 0 fully saturated rings. The van der Waals surface area contributed by atoms with Gasteiger partial charge in [-0.15, -0.1) is 0 Å². The van der Waals surface area contributed by atoms with Gasteiger partial charge in [0.05, 0.1) is 11.1 Å². The third-order valence-corrected chi connectivity index (χ3v) is 4.80. The van der Waals surface area contributed by atoms with Crippen LogP contribution >= 0.6 is 0 Å². The van der Waals surface area contributed by atoms with Crippen LogP contribution in [0.5, 0.6) is 0 Å². The molecule has 6 nitrogen and oxygen atoms in total. The average Bonchev–Trinajstić information content (AvgIpc) is 2.48. The Morgan fingerprint density at radius 2 is 1.90 bits per heavy atom. The van der Waals surface area contributed by atoms with E-state index in [0.717, 1.165) is 13.0 Å². The van der Waals surface area contributed by atoms with Gasteiger partial charge in [0.15, 0.2) is 0 Å². The molecular weight excluding hydrogens is 288 g/mol. The van der Waals surface area contributed by atoms with Crippen LogP contribution < -0.4 is 10.6 Å². The van der Waals surface area contributed by atoms with Gasteiger partial charge in [-0.1, -0.05) is 25.1 Å². The van der Waals surface area contributed by atoms with Crippen LogP contribution in [0.15, 0.2) is 46.3 Å². The molecule has 1 heterocycles. The summed E-state index contributed by atoms with van der Waals surface area (Å²) in [4.78, 5) is 10.1. The predicted octanol–water partition coefficient (Wildman–Crippen LogP) is 1.74. The lowest BCUT2D eigenvalue weighted by atomic mass is 10.4. The van der Waals surface area contributed by atoms with Crippen molar-refractivity contribution >= 4 is 21.6 Å². The fraction of sp³-hybridized carbons (Fsp3) is 0.286. The molecule has 21 heavy (non-hydrogen) atoms. The smallest absolute Gasteiger partial charge is 0.227 e. The molecule has 0 bridgehead atoms. The van der Waals surface area contributed by atoms with Crippen LogP contribution in [-0.2, 0) is 9.84 Å². The second kappa shape index (κ2) is 6.09. The van der Waals surface area contributed by atoms with Crippen molar-refractivity contribution in [2.75, 3.05) is 24.2 Å². The first-order valence-corrected chi connectivity index (χ1v) is 8.09. The van der Waals surface area contributed by atoms with Crippen molar-refractivity contribution in [1.29, 1.82) is 0 Å². The summed E-state index contributed by atoms with van der Waals surface area (Å²) >= 11 is 0. The van der Waals surface area contributed by atoms with Gasteiger partial charge >= 0.3 is 0 Å². The highest BCUT2D eigenvalue weighted by Gasteiger charge is 2.22. The molecule has 0 spiro atoms. The molecule has 0 amide bonds. The van der Waals surface area contributed by atoms with Gasteiger partial charge in [-0.05, 0) is 18.6 Å². The lowest BCUT2D eigenvalue weighted by Crippen LogP contribution is -2.21. The van der Waals surface area contributed by atoms with E-state index in [1.807, 2.05) is 18.9 Å². The van der Waals surface area contributed by atoms with Gasteiger partial charge in [0.1, 0.15) is 10.7 Å². The maximum atomic E-state index is 12.5. The van der Waals surface area contributed by atoms with Crippen LogP contribution in [-0.4, -0.2) is 32.0 Å². The first-order chi connectivity index (χ1) is 9.96. The second-order valence-corrected chi connectivity index (χ2v) is 6.58. The van der Waals surface area contributed by atoms with Crippen LogP contribution in [0, 0.1) is 0 Å². The molecule has 7 heteroatoms. The largest absolute Gasteiger partial charge is 0.382 e. The number of nitrogen functional groups attached to an aromatic ring is 1. The van der Waals surface area contributed by atoms with E-state index in [1.54, 1.807) is 18.2 Å². The average molecular weight is 306 g/mol. The highest BCUT2D eigenvalue weighted by Crippen LogP contribution is 2.25. The number of benzene rings is 1. The number of hydrogen-bond acceptors (Lipinski definition) is 6. The molecule has 0 saturated carbocycles. The molecule has 0 aliphatic heterocycles. The number of nitrogens with zero attached hydrogens (tertiary/aromatic N) is 3. The predicted molar refractivity (Wildman–Crippen MR) is 81.9 cm³/mol. The Hall–Kier alpha value is -2.15. The minimum Gasteiger partial charge on any atom is -0.382 e. The van der Waals surface area contributed by atoms with Crippen LogP contribution in [0.25, 0.3) is 0 Å². The minimum atomic E-state index is -3.69. The summed E-state index contributed by atoms with van der Waals surface area (Å²) in [6.07, 6.45) is 2.20. The van der Waals surface area contributed by atoms with Gasteiger partial charge < -0.3 is 10.6 Å². The number of aromatic nitrogens is 2. The lowest BCUT2D eigenvalue weighted by Gasteiger charge is -2.16. The quantitative estimate of drug-likeness (QED) is 0.905. The number of anilines is 2. The summed E-state index contributed by atoms with van der Waals surface area (Å²) in [6, 6.07) is 8.11. The van der Waals surface area contributed by atoms with Crippen LogP contribution in [0.3, 0.4) is 0 Å². The summed E-state index contributed by atoms with van der Waals surface area (Å²) in [6.45, 7) is 2.80. The van der Waals surface area contributed by atoms with Gasteiger partial charge in [0, 0.05) is 13.6 Å². The zero-order valence-electron chi connectivity index (χ0n) is 12.0. The molecule has 0 radical (unpaired) electrons. The Bertz CT molecular complexity index is 717. The number of nitrogens with two attached hydrogens (primary N) is 1. The van der Waals surface area contributed by atoms with E-state index in [4.69, 9.17) is 5.73 Å². The molecule has 2 N–H and O–H groups in total. The zero-order valence-corrected chi connectivity index (χ0v) is 12.8. The lowest BCUT2D eigenvalue weighted by molar-refractivity contribution is 0.595. The van der Waals surface area contributed by atoms with Crippen molar-refractivity contribution in [2.24, 2.45) is 0 Å². The van der Waals surface area contributed by atoms with Crippen molar-refractivity contribution in [3.63, 3.8) is 0 Å². The molecule has 0 aliphatic carbocycles. The van der Waals surface area contributed by atoms with Gasteiger partial charge in [-0.25, -0.2) is 13.4 Å². The van der Waals surface area contributed by atoms with Crippen LogP contribution in [0.1, 0.15) is 13.3 Å². The molecule has 0 aliphatic rings. The SMILES string of the molecule is CCCN(C)c1ncc(S(=O)(=O)c2ccccc2)c(N)n1. The van der Waals surface area contributed by atoms with Crippen molar-refractivity contribution < 1.29 is 8.42 Å². The third kappa shape index (κ3) is 3.13.